The Morgan fingerprint density at radius 1 is 1.39 bits per heavy atom. The average molecular weight is 247 g/mol. The van der Waals surface area contributed by atoms with Crippen LogP contribution < -0.4 is 5.32 Å². The zero-order chi connectivity index (χ0) is 13.0. The first-order chi connectivity index (χ1) is 8.65. The maximum Gasteiger partial charge on any atom is 0.203 e. The highest BCUT2D eigenvalue weighted by Gasteiger charge is 2.04. The van der Waals surface area contributed by atoms with Crippen molar-refractivity contribution in [2.24, 2.45) is 5.92 Å². The number of halogens is 1. The molecule has 0 saturated carbocycles. The standard InChI is InChI=1S/C14H18FN3/c1-11(2)10-18-7-6-16-14(18)17-9-12-4-3-5-13(15)8-12/h3-8,11H,9-10H2,1-2H3,(H,16,17). The molecule has 0 fully saturated rings. The number of hydrogen-bond acceptors (Lipinski definition) is 2. The van der Waals surface area contributed by atoms with Crippen molar-refractivity contribution in [3.63, 3.8) is 0 Å². The molecule has 96 valence electrons. The Morgan fingerprint density at radius 3 is 2.94 bits per heavy atom. The Kier molecular flexibility index (Phi) is 3.97. The molecule has 4 heteroatoms. The molecule has 2 rings (SSSR count). The Morgan fingerprint density at radius 2 is 2.22 bits per heavy atom. The summed E-state index contributed by atoms with van der Waals surface area (Å²) in [7, 11) is 0. The predicted molar refractivity (Wildman–Crippen MR) is 70.8 cm³/mol. The third-order valence-electron chi connectivity index (χ3n) is 2.62. The fourth-order valence-electron chi connectivity index (χ4n) is 1.85. The molecule has 0 bridgehead atoms. The minimum absolute atomic E-state index is 0.208. The summed E-state index contributed by atoms with van der Waals surface area (Å²) in [5, 5.41) is 3.23. The third-order valence-corrected chi connectivity index (χ3v) is 2.62. The minimum Gasteiger partial charge on any atom is -0.352 e. The molecule has 1 aromatic heterocycles. The van der Waals surface area contributed by atoms with Gasteiger partial charge in [0.2, 0.25) is 5.95 Å². The lowest BCUT2D eigenvalue weighted by molar-refractivity contribution is 0.526. The van der Waals surface area contributed by atoms with Gasteiger partial charge in [0.05, 0.1) is 0 Å². The smallest absolute Gasteiger partial charge is 0.203 e. The van der Waals surface area contributed by atoms with Gasteiger partial charge >= 0.3 is 0 Å². The Labute approximate surface area is 107 Å². The van der Waals surface area contributed by atoms with Crippen molar-refractivity contribution >= 4 is 5.95 Å². The highest BCUT2D eigenvalue weighted by molar-refractivity contribution is 5.29. The number of imidazole rings is 1. The second-order valence-electron chi connectivity index (χ2n) is 4.78. The Hall–Kier alpha value is -1.84. The molecule has 0 spiro atoms. The first kappa shape index (κ1) is 12.6. The van der Waals surface area contributed by atoms with E-state index in [1.165, 1.54) is 12.1 Å². The van der Waals surface area contributed by atoms with E-state index in [0.29, 0.717) is 12.5 Å². The van der Waals surface area contributed by atoms with Gasteiger partial charge in [0.25, 0.3) is 0 Å². The second-order valence-corrected chi connectivity index (χ2v) is 4.78. The molecule has 0 aliphatic heterocycles. The van der Waals surface area contributed by atoms with Gasteiger partial charge in [-0.1, -0.05) is 26.0 Å². The van der Waals surface area contributed by atoms with Gasteiger partial charge in [-0.15, -0.1) is 0 Å². The van der Waals surface area contributed by atoms with Crippen LogP contribution in [0, 0.1) is 11.7 Å². The third kappa shape index (κ3) is 3.32. The van der Waals surface area contributed by atoms with Crippen LogP contribution >= 0.6 is 0 Å². The van der Waals surface area contributed by atoms with Gasteiger partial charge in [-0.25, -0.2) is 9.37 Å². The van der Waals surface area contributed by atoms with Crippen LogP contribution in [0.1, 0.15) is 19.4 Å². The lowest BCUT2D eigenvalue weighted by atomic mass is 10.2. The maximum atomic E-state index is 13.0. The molecule has 0 atom stereocenters. The van der Waals surface area contributed by atoms with Crippen molar-refractivity contribution in [1.29, 1.82) is 0 Å². The normalized spacial score (nSPS) is 10.9. The van der Waals surface area contributed by atoms with Crippen LogP contribution in [0.5, 0.6) is 0 Å². The summed E-state index contributed by atoms with van der Waals surface area (Å²) in [6, 6.07) is 6.59. The highest BCUT2D eigenvalue weighted by atomic mass is 19.1. The van der Waals surface area contributed by atoms with Crippen molar-refractivity contribution in [1.82, 2.24) is 9.55 Å². The predicted octanol–water partition coefficient (Wildman–Crippen LogP) is 3.29. The highest BCUT2D eigenvalue weighted by Crippen LogP contribution is 2.10. The van der Waals surface area contributed by atoms with E-state index in [4.69, 9.17) is 0 Å². The quantitative estimate of drug-likeness (QED) is 0.878. The maximum absolute atomic E-state index is 13.0. The number of nitrogens with one attached hydrogen (secondary N) is 1. The molecule has 1 N–H and O–H groups in total. The molecule has 1 heterocycles. The van der Waals surface area contributed by atoms with Crippen LogP contribution in [0.3, 0.4) is 0 Å². The molecule has 2 aromatic rings. The van der Waals surface area contributed by atoms with Crippen molar-refractivity contribution in [3.8, 4) is 0 Å². The molecule has 0 aliphatic rings. The molecular weight excluding hydrogens is 229 g/mol. The van der Waals surface area contributed by atoms with E-state index >= 15 is 0 Å². The fraction of sp³-hybridized carbons (Fsp3) is 0.357. The van der Waals surface area contributed by atoms with Crippen LogP contribution in [0.25, 0.3) is 0 Å². The summed E-state index contributed by atoms with van der Waals surface area (Å²) < 4.78 is 15.1. The summed E-state index contributed by atoms with van der Waals surface area (Å²) in [6.45, 7) is 5.82. The number of aromatic nitrogens is 2. The number of anilines is 1. The van der Waals surface area contributed by atoms with Crippen molar-refractivity contribution in [2.75, 3.05) is 5.32 Å². The van der Waals surface area contributed by atoms with Crippen LogP contribution in [0.2, 0.25) is 0 Å². The first-order valence-electron chi connectivity index (χ1n) is 6.14. The second kappa shape index (κ2) is 5.67. The zero-order valence-electron chi connectivity index (χ0n) is 10.7. The van der Waals surface area contributed by atoms with E-state index in [2.05, 4.69) is 28.7 Å². The van der Waals surface area contributed by atoms with E-state index in [0.717, 1.165) is 18.1 Å². The molecule has 18 heavy (non-hydrogen) atoms. The molecule has 0 aliphatic carbocycles. The first-order valence-corrected chi connectivity index (χ1v) is 6.14. The summed E-state index contributed by atoms with van der Waals surface area (Å²) in [6.07, 6.45) is 3.73. The van der Waals surface area contributed by atoms with Crippen molar-refractivity contribution < 1.29 is 4.39 Å². The van der Waals surface area contributed by atoms with Crippen LogP contribution in [0.4, 0.5) is 10.3 Å². The molecule has 0 amide bonds. The molecule has 1 aromatic carbocycles. The molecule has 0 saturated heterocycles. The fourth-order valence-corrected chi connectivity index (χ4v) is 1.85. The van der Waals surface area contributed by atoms with E-state index in [1.807, 2.05) is 12.3 Å². The van der Waals surface area contributed by atoms with E-state index in [1.54, 1.807) is 12.3 Å². The SMILES string of the molecule is CC(C)Cn1ccnc1NCc1cccc(F)c1. The molecule has 0 radical (unpaired) electrons. The van der Waals surface area contributed by atoms with Crippen LogP contribution in [0.15, 0.2) is 36.7 Å². The number of benzene rings is 1. The van der Waals surface area contributed by atoms with Gasteiger partial charge in [0, 0.05) is 25.5 Å². The number of hydrogen-bond donors (Lipinski definition) is 1. The average Bonchev–Trinajstić information content (AvgIpc) is 2.73. The summed E-state index contributed by atoms with van der Waals surface area (Å²) in [5.41, 5.74) is 0.911. The van der Waals surface area contributed by atoms with Gasteiger partial charge in [-0.3, -0.25) is 0 Å². The largest absolute Gasteiger partial charge is 0.352 e. The van der Waals surface area contributed by atoms with Gasteiger partial charge in [0.1, 0.15) is 5.82 Å². The van der Waals surface area contributed by atoms with Crippen LogP contribution in [-0.2, 0) is 13.1 Å². The summed E-state index contributed by atoms with van der Waals surface area (Å²) >= 11 is 0. The van der Waals surface area contributed by atoms with E-state index in [9.17, 15) is 4.39 Å². The van der Waals surface area contributed by atoms with Gasteiger partial charge in [0.15, 0.2) is 0 Å². The van der Waals surface area contributed by atoms with E-state index in [-0.39, 0.29) is 5.82 Å². The lowest BCUT2D eigenvalue weighted by Gasteiger charge is -2.11. The van der Waals surface area contributed by atoms with Gasteiger partial charge in [-0.2, -0.15) is 0 Å². The lowest BCUT2D eigenvalue weighted by Crippen LogP contribution is -2.10. The zero-order valence-corrected chi connectivity index (χ0v) is 10.7. The molecule has 0 unspecified atom stereocenters. The van der Waals surface area contributed by atoms with Crippen LogP contribution in [-0.4, -0.2) is 9.55 Å². The number of nitrogens with zero attached hydrogens (tertiary/aromatic N) is 2. The summed E-state index contributed by atoms with van der Waals surface area (Å²) in [4.78, 5) is 4.26. The summed E-state index contributed by atoms with van der Waals surface area (Å²) in [5.74, 6) is 1.18. The topological polar surface area (TPSA) is 29.9 Å². The van der Waals surface area contributed by atoms with Gasteiger partial charge < -0.3 is 9.88 Å². The number of rotatable bonds is 5. The molecule has 3 nitrogen and oxygen atoms in total. The Balaban J connectivity index is 2.00. The van der Waals surface area contributed by atoms with Crippen molar-refractivity contribution in [3.05, 3.63) is 48.0 Å². The van der Waals surface area contributed by atoms with E-state index < -0.39 is 0 Å². The molecular formula is C14H18FN3. The monoisotopic (exact) mass is 247 g/mol. The minimum atomic E-state index is -0.208. The Bertz CT molecular complexity index is 505. The van der Waals surface area contributed by atoms with Gasteiger partial charge in [-0.05, 0) is 23.6 Å². The van der Waals surface area contributed by atoms with Crippen molar-refractivity contribution in [2.45, 2.75) is 26.9 Å².